The molecule has 0 spiro atoms. The third-order valence-corrected chi connectivity index (χ3v) is 18.8. The zero-order chi connectivity index (χ0) is 87.0. The van der Waals surface area contributed by atoms with Gasteiger partial charge in [0.25, 0.3) is 0 Å². The summed E-state index contributed by atoms with van der Waals surface area (Å²) in [7, 11) is 0. The van der Waals surface area contributed by atoms with Crippen molar-refractivity contribution < 1.29 is 80.4 Å². The molecule has 20 aromatic rings. The van der Waals surface area contributed by atoms with Crippen molar-refractivity contribution in [3.63, 3.8) is 0 Å². The molecule has 0 unspecified atom stereocenters. The number of aromatic nitrogens is 14. The first-order chi connectivity index (χ1) is 62.0. The van der Waals surface area contributed by atoms with E-state index in [2.05, 4.69) is 161 Å². The van der Waals surface area contributed by atoms with Crippen LogP contribution in [-0.4, -0.2) is 69.8 Å². The molecule has 0 saturated heterocycles. The second-order valence-corrected chi connectivity index (χ2v) is 28.3. The fraction of sp³-hybridized carbons (Fsp3) is 0.0536. The van der Waals surface area contributed by atoms with Crippen LogP contribution < -0.4 is 0 Å². The van der Waals surface area contributed by atoms with E-state index in [0.717, 1.165) is 146 Å². The maximum absolute atomic E-state index is 4.49. The predicted molar refractivity (Wildman–Crippen MR) is 505 cm³/mol. The van der Waals surface area contributed by atoms with Crippen LogP contribution in [0.5, 0.6) is 0 Å². The molecule has 20 rings (SSSR count). The molecule has 0 saturated carbocycles. The van der Waals surface area contributed by atoms with Gasteiger partial charge in [0.05, 0.1) is 11.4 Å². The summed E-state index contributed by atoms with van der Waals surface area (Å²) in [4.78, 5) is 60.1. The fourth-order valence-corrected chi connectivity index (χ4v) is 12.0. The van der Waals surface area contributed by atoms with Gasteiger partial charge in [0.2, 0.25) is 0 Å². The fourth-order valence-electron chi connectivity index (χ4n) is 12.0. The molecule has 0 atom stereocenters. The Kier molecular flexibility index (Phi) is 41.6. The zero-order valence-electron chi connectivity index (χ0n) is 71.9. The van der Waals surface area contributed by atoms with E-state index in [1.807, 2.05) is 389 Å². The standard InChI is InChI=1S/C17H13N2.C16H12N3.C16H11N2.C15H10N3.4C12H10N.4Ir/c1-13-7-8-15(11-18-13)16-9-10-17(19-12-16)14-5-3-2-4-6-14;1-12-17-10-9-16(19-12)14-7-8-15(18-11-14)13-5-3-2-4-6-13;1-2-5-13(6-3-1)16-9-8-15(12-18-16)14-7-4-10-17-11-14;1-2-4-12(5-3-1)14-7-6-13(10-17-14)15-8-9-16-11-18-15;4*1-10-7-8-12(13-9-10)11-5-3-2-4-6-11;;;;/h2-5,7-12H,1H3;2-5,7-11H,1H3;1-5,7-12H;1-4,6-11H;4*2-5,7-9H,1H3;;;;/q8*-1;;;;. The smallest absolute Gasteiger partial charge is 0.125 e. The number of hydrogen-bond donors (Lipinski definition) is 0. The van der Waals surface area contributed by atoms with Gasteiger partial charge >= 0.3 is 0 Å². The van der Waals surface area contributed by atoms with E-state index >= 15 is 0 Å². The van der Waals surface area contributed by atoms with Gasteiger partial charge < -0.3 is 39.9 Å². The van der Waals surface area contributed by atoms with Crippen LogP contribution in [0.25, 0.3) is 135 Å². The molecular formula is C112H86Ir4N14-8. The summed E-state index contributed by atoms with van der Waals surface area (Å²) in [6.45, 7) is 12.0. The van der Waals surface area contributed by atoms with Gasteiger partial charge in [0, 0.05) is 189 Å². The maximum Gasteiger partial charge on any atom is 0.125 e. The monoisotopic (exact) mass is 2400 g/mol. The number of aryl methyl sites for hydroxylation is 6. The normalized spacial score (nSPS) is 9.83. The third-order valence-electron chi connectivity index (χ3n) is 18.8. The van der Waals surface area contributed by atoms with Crippen LogP contribution in [0.3, 0.4) is 0 Å². The second-order valence-electron chi connectivity index (χ2n) is 28.3. The van der Waals surface area contributed by atoms with Gasteiger partial charge in [-0.2, -0.15) is 0 Å². The van der Waals surface area contributed by atoms with Crippen LogP contribution in [0.15, 0.2) is 414 Å². The van der Waals surface area contributed by atoms with Gasteiger partial charge in [-0.1, -0.05) is 109 Å². The minimum absolute atomic E-state index is 0. The molecule has 0 aliphatic carbocycles. The average molecular weight is 2400 g/mol. The number of benzene rings is 8. The largest absolute Gasteiger partial charge is 0.304 e. The molecule has 0 aliphatic heterocycles. The van der Waals surface area contributed by atoms with Crippen LogP contribution in [0.1, 0.15) is 33.8 Å². The summed E-state index contributed by atoms with van der Waals surface area (Å²) in [5.41, 5.74) is 29.6. The van der Waals surface area contributed by atoms with E-state index in [1.165, 1.54) is 28.6 Å². The number of pyridine rings is 10. The van der Waals surface area contributed by atoms with Crippen molar-refractivity contribution in [2.75, 3.05) is 0 Å². The second kappa shape index (κ2) is 54.2. The van der Waals surface area contributed by atoms with Crippen molar-refractivity contribution in [3.05, 3.63) is 497 Å². The Morgan fingerprint density at radius 1 is 0.177 bits per heavy atom. The van der Waals surface area contributed by atoms with Crippen LogP contribution in [0, 0.1) is 90.1 Å². The SMILES string of the molecule is Cc1ccc(-c2[c-]cccc2)nc1.Cc1ccc(-c2[c-]cccc2)nc1.Cc1ccc(-c2[c-]cccc2)nc1.Cc1ccc(-c2[c-]cccc2)nc1.Cc1ccc(-c2ccc(-c3[c-]cccc3)nc2)cn1.Cc1nccc(-c2ccc(-c3[c-]cccc3)nc2)n1.[Ir].[Ir].[Ir].[Ir].[c-]1ccccc1-c1ccc(-c2cccnc2)cn1.[c-]1ccccc1-c1ccc(-c2ccncn2)cn1. The molecule has 12 heterocycles. The topological polar surface area (TPSA) is 180 Å². The number of hydrogen-bond acceptors (Lipinski definition) is 14. The first-order valence-corrected chi connectivity index (χ1v) is 40.7. The Bertz CT molecular complexity index is 5940. The molecule has 0 fully saturated rings. The van der Waals surface area contributed by atoms with Crippen LogP contribution in [0.2, 0.25) is 0 Å². The molecule has 14 nitrogen and oxygen atoms in total. The van der Waals surface area contributed by atoms with Crippen molar-refractivity contribution in [1.29, 1.82) is 0 Å². The Morgan fingerprint density at radius 3 is 0.677 bits per heavy atom. The van der Waals surface area contributed by atoms with Crippen LogP contribution >= 0.6 is 0 Å². The summed E-state index contributed by atoms with van der Waals surface area (Å²) < 4.78 is 0. The van der Waals surface area contributed by atoms with Crippen molar-refractivity contribution in [3.8, 4) is 135 Å². The molecule has 4 radical (unpaired) electrons. The van der Waals surface area contributed by atoms with Crippen molar-refractivity contribution in [2.45, 2.75) is 41.5 Å². The summed E-state index contributed by atoms with van der Waals surface area (Å²) in [5.74, 6) is 0.762. The first kappa shape index (κ1) is 99.8. The minimum Gasteiger partial charge on any atom is -0.304 e. The molecule has 12 aromatic heterocycles. The van der Waals surface area contributed by atoms with Gasteiger partial charge in [-0.05, 0) is 145 Å². The summed E-state index contributed by atoms with van der Waals surface area (Å²) in [6, 6.07) is 132. The van der Waals surface area contributed by atoms with Crippen molar-refractivity contribution in [1.82, 2.24) is 69.8 Å². The van der Waals surface area contributed by atoms with Gasteiger partial charge in [-0.15, -0.1) is 287 Å². The first-order valence-electron chi connectivity index (χ1n) is 40.7. The molecule has 18 heteroatoms. The Morgan fingerprint density at radius 2 is 0.446 bits per heavy atom. The van der Waals surface area contributed by atoms with Crippen molar-refractivity contribution >= 4 is 0 Å². The van der Waals surface area contributed by atoms with Crippen LogP contribution in [-0.2, 0) is 80.4 Å². The van der Waals surface area contributed by atoms with E-state index < -0.39 is 0 Å². The van der Waals surface area contributed by atoms with E-state index in [1.54, 1.807) is 18.6 Å². The summed E-state index contributed by atoms with van der Waals surface area (Å²) >= 11 is 0. The summed E-state index contributed by atoms with van der Waals surface area (Å²) in [5, 5.41) is 0. The maximum atomic E-state index is 4.49. The Labute approximate surface area is 816 Å². The van der Waals surface area contributed by atoms with E-state index in [9.17, 15) is 0 Å². The summed E-state index contributed by atoms with van der Waals surface area (Å²) in [6.07, 6.45) is 25.4. The third kappa shape index (κ3) is 31.8. The molecule has 0 amide bonds. The van der Waals surface area contributed by atoms with E-state index in [-0.39, 0.29) is 80.4 Å². The van der Waals surface area contributed by atoms with E-state index in [4.69, 9.17) is 0 Å². The van der Waals surface area contributed by atoms with Gasteiger partial charge in [-0.3, -0.25) is 9.97 Å². The predicted octanol–water partition coefficient (Wildman–Crippen LogP) is 25.3. The molecule has 130 heavy (non-hydrogen) atoms. The van der Waals surface area contributed by atoms with Crippen LogP contribution in [0.4, 0.5) is 0 Å². The van der Waals surface area contributed by atoms with Gasteiger partial charge in [-0.25, -0.2) is 19.9 Å². The number of nitrogens with zero attached hydrogens (tertiary/aromatic N) is 14. The molecule has 8 aromatic carbocycles. The van der Waals surface area contributed by atoms with E-state index in [0.29, 0.717) is 0 Å². The van der Waals surface area contributed by atoms with Gasteiger partial charge in [0.1, 0.15) is 12.2 Å². The molecule has 0 bridgehead atoms. The Hall–Kier alpha value is -14.0. The van der Waals surface area contributed by atoms with Gasteiger partial charge in [0.15, 0.2) is 0 Å². The molecule has 0 N–H and O–H groups in total. The minimum atomic E-state index is 0. The quantitative estimate of drug-likeness (QED) is 0.105. The molecular weight excluding hydrogens is 2310 g/mol. The Balaban J connectivity index is 0.000000168. The number of rotatable bonds is 12. The molecule has 648 valence electrons. The zero-order valence-corrected chi connectivity index (χ0v) is 81.4. The molecule has 0 aliphatic rings. The average Bonchev–Trinajstić information content (AvgIpc) is 0.839. The van der Waals surface area contributed by atoms with Crippen molar-refractivity contribution in [2.24, 2.45) is 0 Å².